The lowest BCUT2D eigenvalue weighted by molar-refractivity contribution is -0.140. The van der Waals surface area contributed by atoms with Gasteiger partial charge < -0.3 is 20.1 Å². The number of nitrogens with zero attached hydrogens (tertiary/aromatic N) is 2. The second-order valence-electron chi connectivity index (χ2n) is 7.55. The third-order valence-corrected chi connectivity index (χ3v) is 4.86. The summed E-state index contributed by atoms with van der Waals surface area (Å²) in [4.78, 5) is 17.9. The number of carbonyl (C=O) groups excluding carboxylic acids is 1. The van der Waals surface area contributed by atoms with E-state index in [-0.39, 0.29) is 29.9 Å². The molecule has 0 amide bonds. The third kappa shape index (κ3) is 12.8. The molecule has 0 aromatic heterocycles. The lowest BCUT2D eigenvalue weighted by atomic mass is 10.0. The molecule has 1 aliphatic heterocycles. The molecule has 1 saturated heterocycles. The van der Waals surface area contributed by atoms with Gasteiger partial charge in [0.05, 0.1) is 20.3 Å². The lowest BCUT2D eigenvalue weighted by Crippen LogP contribution is -2.51. The van der Waals surface area contributed by atoms with Crippen LogP contribution in [0.2, 0.25) is 0 Å². The van der Waals surface area contributed by atoms with Gasteiger partial charge in [0, 0.05) is 45.7 Å². The summed E-state index contributed by atoms with van der Waals surface area (Å²) in [5, 5.41) is 6.89. The van der Waals surface area contributed by atoms with Crippen LogP contribution in [0.15, 0.2) is 4.99 Å². The molecule has 2 N–H and O–H groups in total. The largest absolute Gasteiger partial charge is 0.469 e. The Morgan fingerprint density at radius 1 is 1.14 bits per heavy atom. The Hall–Kier alpha value is -0.610. The molecule has 1 aliphatic rings. The number of methoxy groups -OCH3 is 1. The van der Waals surface area contributed by atoms with Crippen molar-refractivity contribution in [3.8, 4) is 0 Å². The zero-order valence-electron chi connectivity index (χ0n) is 18.2. The Labute approximate surface area is 188 Å². The molecule has 1 atom stereocenters. The van der Waals surface area contributed by atoms with Gasteiger partial charge in [-0.1, -0.05) is 26.7 Å². The van der Waals surface area contributed by atoms with Crippen LogP contribution in [0, 0.1) is 5.92 Å². The van der Waals surface area contributed by atoms with Crippen LogP contribution in [0.5, 0.6) is 0 Å². The highest BCUT2D eigenvalue weighted by Gasteiger charge is 2.22. The summed E-state index contributed by atoms with van der Waals surface area (Å²) in [6.45, 7) is 10.0. The van der Waals surface area contributed by atoms with E-state index >= 15 is 0 Å². The van der Waals surface area contributed by atoms with Gasteiger partial charge in [0.15, 0.2) is 5.96 Å². The molecule has 8 heteroatoms. The topological polar surface area (TPSA) is 75.2 Å². The van der Waals surface area contributed by atoms with E-state index < -0.39 is 0 Å². The summed E-state index contributed by atoms with van der Waals surface area (Å²) in [6, 6.07) is 0.505. The molecule has 0 aromatic rings. The van der Waals surface area contributed by atoms with Crippen LogP contribution in [0.4, 0.5) is 0 Å². The molecular formula is C20H41IN4O3. The summed E-state index contributed by atoms with van der Waals surface area (Å²) in [5.74, 6) is 1.42. The standard InChI is InChI=1S/C20H40N4O3.HI/c1-17(2)15-18(24-11-13-27-14-12-24)16-23-20(21-3)22-10-8-6-5-7-9-19(25)26-4;/h17-18H,5-16H2,1-4H3,(H2,21,22,23);1H. The number of guanidine groups is 1. The fraction of sp³-hybridized carbons (Fsp3) is 0.900. The fourth-order valence-corrected chi connectivity index (χ4v) is 3.34. The van der Waals surface area contributed by atoms with E-state index in [0.29, 0.717) is 18.4 Å². The van der Waals surface area contributed by atoms with Crippen molar-refractivity contribution in [1.29, 1.82) is 0 Å². The molecule has 166 valence electrons. The van der Waals surface area contributed by atoms with Crippen LogP contribution in [0.3, 0.4) is 0 Å². The predicted molar refractivity (Wildman–Crippen MR) is 126 cm³/mol. The fourth-order valence-electron chi connectivity index (χ4n) is 3.34. The zero-order valence-corrected chi connectivity index (χ0v) is 20.5. The number of morpholine rings is 1. The molecule has 0 aromatic carbocycles. The minimum Gasteiger partial charge on any atom is -0.469 e. The van der Waals surface area contributed by atoms with Crippen LogP contribution < -0.4 is 10.6 Å². The molecule has 0 radical (unpaired) electrons. The molecule has 1 rings (SSSR count). The highest BCUT2D eigenvalue weighted by molar-refractivity contribution is 14.0. The predicted octanol–water partition coefficient (Wildman–Crippen LogP) is 2.64. The van der Waals surface area contributed by atoms with Crippen molar-refractivity contribution in [2.75, 3.05) is 53.6 Å². The SMILES string of the molecule is CN=C(NCCCCCCC(=O)OC)NCC(CC(C)C)N1CCOCC1.I. The van der Waals surface area contributed by atoms with Crippen molar-refractivity contribution in [3.05, 3.63) is 0 Å². The van der Waals surface area contributed by atoms with Gasteiger partial charge in [-0.2, -0.15) is 0 Å². The van der Waals surface area contributed by atoms with E-state index in [1.54, 1.807) is 0 Å². The Balaban J connectivity index is 0.00000729. The van der Waals surface area contributed by atoms with Gasteiger partial charge in [0.1, 0.15) is 0 Å². The highest BCUT2D eigenvalue weighted by Crippen LogP contribution is 2.13. The van der Waals surface area contributed by atoms with Crippen molar-refractivity contribution < 1.29 is 14.3 Å². The number of aliphatic imine (C=N–C) groups is 1. The average Bonchev–Trinajstić information content (AvgIpc) is 2.68. The smallest absolute Gasteiger partial charge is 0.305 e. The van der Waals surface area contributed by atoms with E-state index in [1.165, 1.54) is 13.5 Å². The Kier molecular flexibility index (Phi) is 16.9. The summed E-state index contributed by atoms with van der Waals surface area (Å²) < 4.78 is 10.1. The van der Waals surface area contributed by atoms with Crippen LogP contribution in [-0.4, -0.2) is 76.4 Å². The van der Waals surface area contributed by atoms with Crippen LogP contribution in [0.1, 0.15) is 52.4 Å². The van der Waals surface area contributed by atoms with Crippen molar-refractivity contribution in [2.24, 2.45) is 10.9 Å². The van der Waals surface area contributed by atoms with Crippen LogP contribution >= 0.6 is 24.0 Å². The van der Waals surface area contributed by atoms with Gasteiger partial charge in [-0.25, -0.2) is 0 Å². The molecule has 7 nitrogen and oxygen atoms in total. The number of hydrogen-bond donors (Lipinski definition) is 2. The quantitative estimate of drug-likeness (QED) is 0.138. The monoisotopic (exact) mass is 512 g/mol. The molecular weight excluding hydrogens is 471 g/mol. The minimum absolute atomic E-state index is 0. The molecule has 28 heavy (non-hydrogen) atoms. The molecule has 1 heterocycles. The van der Waals surface area contributed by atoms with Gasteiger partial charge in [0.25, 0.3) is 0 Å². The molecule has 1 fully saturated rings. The first-order chi connectivity index (χ1) is 13.1. The number of unbranched alkanes of at least 4 members (excludes halogenated alkanes) is 3. The second kappa shape index (κ2) is 17.3. The summed E-state index contributed by atoms with van der Waals surface area (Å²) in [7, 11) is 3.26. The maximum absolute atomic E-state index is 11.1. The molecule has 0 bridgehead atoms. The third-order valence-electron chi connectivity index (χ3n) is 4.86. The van der Waals surface area contributed by atoms with E-state index in [1.807, 2.05) is 7.05 Å². The molecule has 1 unspecified atom stereocenters. The molecule has 0 aliphatic carbocycles. The van der Waals surface area contributed by atoms with E-state index in [9.17, 15) is 4.79 Å². The van der Waals surface area contributed by atoms with Crippen LogP contribution in [0.25, 0.3) is 0 Å². The summed E-state index contributed by atoms with van der Waals surface area (Å²) >= 11 is 0. The van der Waals surface area contributed by atoms with E-state index in [2.05, 4.69) is 39.1 Å². The summed E-state index contributed by atoms with van der Waals surface area (Å²) in [6.07, 6.45) is 5.81. The highest BCUT2D eigenvalue weighted by atomic mass is 127. The number of halogens is 1. The number of nitrogens with one attached hydrogen (secondary N) is 2. The van der Waals surface area contributed by atoms with Crippen molar-refractivity contribution in [3.63, 3.8) is 0 Å². The maximum atomic E-state index is 11.1. The van der Waals surface area contributed by atoms with Crippen molar-refractivity contribution in [1.82, 2.24) is 15.5 Å². The number of carbonyl (C=O) groups is 1. The molecule has 0 saturated carbocycles. The zero-order chi connectivity index (χ0) is 19.9. The minimum atomic E-state index is -0.117. The normalized spacial score (nSPS) is 16.4. The van der Waals surface area contributed by atoms with E-state index in [0.717, 1.165) is 71.0 Å². The van der Waals surface area contributed by atoms with Gasteiger partial charge in [-0.15, -0.1) is 24.0 Å². The number of hydrogen-bond acceptors (Lipinski definition) is 5. The van der Waals surface area contributed by atoms with E-state index in [4.69, 9.17) is 4.74 Å². The maximum Gasteiger partial charge on any atom is 0.305 e. The number of ether oxygens (including phenoxy) is 2. The lowest BCUT2D eigenvalue weighted by Gasteiger charge is -2.35. The number of esters is 1. The first kappa shape index (κ1) is 27.4. The van der Waals surface area contributed by atoms with Crippen molar-refractivity contribution >= 4 is 35.9 Å². The first-order valence-corrected chi connectivity index (χ1v) is 10.4. The van der Waals surface area contributed by atoms with Crippen molar-refractivity contribution in [2.45, 2.75) is 58.4 Å². The first-order valence-electron chi connectivity index (χ1n) is 10.4. The van der Waals surface area contributed by atoms with Crippen LogP contribution in [-0.2, 0) is 14.3 Å². The Morgan fingerprint density at radius 2 is 1.82 bits per heavy atom. The number of rotatable bonds is 12. The summed E-state index contributed by atoms with van der Waals surface area (Å²) in [5.41, 5.74) is 0. The van der Waals surface area contributed by atoms with Gasteiger partial charge >= 0.3 is 5.97 Å². The average molecular weight is 512 g/mol. The second-order valence-corrected chi connectivity index (χ2v) is 7.55. The van der Waals surface area contributed by atoms with Gasteiger partial charge in [-0.05, 0) is 25.2 Å². The molecule has 0 spiro atoms. The van der Waals surface area contributed by atoms with Gasteiger partial charge in [0.2, 0.25) is 0 Å². The Bertz CT molecular complexity index is 430. The Morgan fingerprint density at radius 3 is 2.43 bits per heavy atom. The van der Waals surface area contributed by atoms with Gasteiger partial charge in [-0.3, -0.25) is 14.7 Å².